The minimum Gasteiger partial charge on any atom is -0.332 e. The third kappa shape index (κ3) is 3.66. The highest BCUT2D eigenvalue weighted by atomic mass is 35.5. The van der Waals surface area contributed by atoms with Crippen molar-refractivity contribution in [3.8, 4) is 0 Å². The largest absolute Gasteiger partial charge is 0.332 e. The number of halogens is 1. The number of aromatic nitrogens is 1. The minimum atomic E-state index is 0.396. The van der Waals surface area contributed by atoms with Gasteiger partial charge in [0, 0.05) is 11.9 Å². The van der Waals surface area contributed by atoms with Crippen molar-refractivity contribution in [1.82, 2.24) is 4.98 Å². The van der Waals surface area contributed by atoms with E-state index in [1.807, 2.05) is 26.0 Å². The summed E-state index contributed by atoms with van der Waals surface area (Å²) >= 11 is 11.2. The lowest BCUT2D eigenvalue weighted by Gasteiger charge is -2.13. The lowest BCUT2D eigenvalue weighted by atomic mass is 10.1. The highest BCUT2D eigenvalue weighted by Crippen LogP contribution is 2.19. The van der Waals surface area contributed by atoms with Gasteiger partial charge in [-0.2, -0.15) is 0 Å². The number of aryl methyl sites for hydroxylation is 2. The SMILES string of the molecule is Cc1ccc(C)c(NC(=S)Nc2cccnc2Cl)c1. The van der Waals surface area contributed by atoms with Crippen LogP contribution in [0.15, 0.2) is 36.5 Å². The second kappa shape index (κ2) is 5.99. The predicted octanol–water partition coefficient (Wildman–Crippen LogP) is 4.16. The molecule has 0 aliphatic rings. The average molecular weight is 292 g/mol. The van der Waals surface area contributed by atoms with Crippen LogP contribution in [-0.4, -0.2) is 10.1 Å². The zero-order chi connectivity index (χ0) is 13.8. The standard InChI is InChI=1S/C14H14ClN3S/c1-9-5-6-10(2)12(8-9)18-14(19)17-11-4-3-7-16-13(11)15/h3-8H,1-2H3,(H2,17,18,19). The summed E-state index contributed by atoms with van der Waals surface area (Å²) < 4.78 is 0. The average Bonchev–Trinajstić information content (AvgIpc) is 2.37. The van der Waals surface area contributed by atoms with E-state index in [-0.39, 0.29) is 0 Å². The Labute approximate surface area is 123 Å². The van der Waals surface area contributed by atoms with Gasteiger partial charge in [0.25, 0.3) is 0 Å². The molecule has 0 atom stereocenters. The van der Waals surface area contributed by atoms with E-state index in [9.17, 15) is 0 Å². The number of benzene rings is 1. The Morgan fingerprint density at radius 3 is 2.63 bits per heavy atom. The fourth-order valence-electron chi connectivity index (χ4n) is 1.63. The molecule has 3 nitrogen and oxygen atoms in total. The van der Waals surface area contributed by atoms with Crippen LogP contribution in [0.2, 0.25) is 5.15 Å². The van der Waals surface area contributed by atoms with Crippen LogP contribution in [0.5, 0.6) is 0 Å². The molecule has 2 N–H and O–H groups in total. The summed E-state index contributed by atoms with van der Waals surface area (Å²) in [6, 6.07) is 9.79. The van der Waals surface area contributed by atoms with Crippen molar-refractivity contribution in [2.45, 2.75) is 13.8 Å². The van der Waals surface area contributed by atoms with Crippen LogP contribution in [0, 0.1) is 13.8 Å². The first-order valence-electron chi connectivity index (χ1n) is 5.82. The first-order valence-corrected chi connectivity index (χ1v) is 6.60. The van der Waals surface area contributed by atoms with E-state index < -0.39 is 0 Å². The summed E-state index contributed by atoms with van der Waals surface area (Å²) in [6.07, 6.45) is 1.63. The molecule has 5 heteroatoms. The van der Waals surface area contributed by atoms with Crippen molar-refractivity contribution < 1.29 is 0 Å². The molecule has 0 aliphatic carbocycles. The maximum absolute atomic E-state index is 5.97. The zero-order valence-corrected chi connectivity index (χ0v) is 12.3. The Kier molecular flexibility index (Phi) is 4.35. The fourth-order valence-corrected chi connectivity index (χ4v) is 2.01. The van der Waals surface area contributed by atoms with Crippen LogP contribution in [0.3, 0.4) is 0 Å². The quantitative estimate of drug-likeness (QED) is 0.643. The zero-order valence-electron chi connectivity index (χ0n) is 10.7. The van der Waals surface area contributed by atoms with Crippen LogP contribution < -0.4 is 10.6 Å². The molecule has 1 heterocycles. The Morgan fingerprint density at radius 2 is 1.89 bits per heavy atom. The molecule has 1 aromatic carbocycles. The summed E-state index contributed by atoms with van der Waals surface area (Å²) in [5, 5.41) is 7.08. The molecule has 0 amide bonds. The topological polar surface area (TPSA) is 37.0 Å². The first kappa shape index (κ1) is 13.8. The lowest BCUT2D eigenvalue weighted by molar-refractivity contribution is 1.33. The van der Waals surface area contributed by atoms with Gasteiger partial charge in [-0.3, -0.25) is 0 Å². The number of nitrogens with zero attached hydrogens (tertiary/aromatic N) is 1. The molecule has 2 aromatic rings. The van der Waals surface area contributed by atoms with Gasteiger partial charge in [-0.05, 0) is 55.4 Å². The van der Waals surface area contributed by atoms with Gasteiger partial charge in [0.15, 0.2) is 10.3 Å². The Balaban J connectivity index is 2.10. The van der Waals surface area contributed by atoms with Crippen molar-refractivity contribution in [2.24, 2.45) is 0 Å². The summed E-state index contributed by atoms with van der Waals surface area (Å²) in [5.41, 5.74) is 3.98. The maximum atomic E-state index is 5.97. The molecule has 0 bridgehead atoms. The molecule has 0 saturated heterocycles. The van der Waals surface area contributed by atoms with E-state index in [4.69, 9.17) is 23.8 Å². The van der Waals surface area contributed by atoms with Gasteiger partial charge >= 0.3 is 0 Å². The number of pyridine rings is 1. The molecular formula is C14H14ClN3S. The monoisotopic (exact) mass is 291 g/mol. The van der Waals surface area contributed by atoms with Gasteiger partial charge in [0.1, 0.15) is 0 Å². The fraction of sp³-hybridized carbons (Fsp3) is 0.143. The van der Waals surface area contributed by atoms with Gasteiger partial charge in [0.05, 0.1) is 5.69 Å². The van der Waals surface area contributed by atoms with E-state index in [2.05, 4.69) is 27.8 Å². The van der Waals surface area contributed by atoms with Crippen molar-refractivity contribution in [2.75, 3.05) is 10.6 Å². The van der Waals surface area contributed by atoms with Gasteiger partial charge < -0.3 is 10.6 Å². The van der Waals surface area contributed by atoms with E-state index >= 15 is 0 Å². The molecule has 19 heavy (non-hydrogen) atoms. The number of anilines is 2. The number of thiocarbonyl (C=S) groups is 1. The van der Waals surface area contributed by atoms with Gasteiger partial charge in [-0.15, -0.1) is 0 Å². The van der Waals surface area contributed by atoms with E-state index in [1.54, 1.807) is 12.3 Å². The smallest absolute Gasteiger partial charge is 0.175 e. The maximum Gasteiger partial charge on any atom is 0.175 e. The molecule has 0 radical (unpaired) electrons. The van der Waals surface area contributed by atoms with Crippen molar-refractivity contribution in [1.29, 1.82) is 0 Å². The third-order valence-corrected chi connectivity index (χ3v) is 3.15. The number of hydrogen-bond donors (Lipinski definition) is 2. The van der Waals surface area contributed by atoms with Crippen molar-refractivity contribution in [3.63, 3.8) is 0 Å². The highest BCUT2D eigenvalue weighted by molar-refractivity contribution is 7.80. The molecule has 0 saturated carbocycles. The molecule has 0 spiro atoms. The first-order chi connectivity index (χ1) is 9.06. The van der Waals surface area contributed by atoms with Crippen LogP contribution in [-0.2, 0) is 0 Å². The van der Waals surface area contributed by atoms with Gasteiger partial charge in [-0.25, -0.2) is 4.98 Å². The summed E-state index contributed by atoms with van der Waals surface area (Å²) in [6.45, 7) is 4.07. The molecule has 98 valence electrons. The summed E-state index contributed by atoms with van der Waals surface area (Å²) in [5.74, 6) is 0. The van der Waals surface area contributed by atoms with Crippen LogP contribution >= 0.6 is 23.8 Å². The third-order valence-electron chi connectivity index (χ3n) is 2.65. The normalized spacial score (nSPS) is 10.1. The molecular weight excluding hydrogens is 278 g/mol. The summed E-state index contributed by atoms with van der Waals surface area (Å²) in [7, 11) is 0. The van der Waals surface area contributed by atoms with Crippen LogP contribution in [0.25, 0.3) is 0 Å². The minimum absolute atomic E-state index is 0.396. The second-order valence-corrected chi connectivity index (χ2v) is 5.01. The number of rotatable bonds is 2. The summed E-state index contributed by atoms with van der Waals surface area (Å²) in [4.78, 5) is 3.99. The Bertz CT molecular complexity index is 613. The number of hydrogen-bond acceptors (Lipinski definition) is 2. The lowest BCUT2D eigenvalue weighted by Crippen LogP contribution is -2.20. The Morgan fingerprint density at radius 1 is 1.16 bits per heavy atom. The molecule has 0 aliphatic heterocycles. The van der Waals surface area contributed by atoms with E-state index in [0.29, 0.717) is 16.0 Å². The van der Waals surface area contributed by atoms with E-state index in [1.165, 1.54) is 5.56 Å². The molecule has 0 unspecified atom stereocenters. The predicted molar refractivity (Wildman–Crippen MR) is 85.0 cm³/mol. The van der Waals surface area contributed by atoms with Crippen LogP contribution in [0.1, 0.15) is 11.1 Å². The van der Waals surface area contributed by atoms with Crippen LogP contribution in [0.4, 0.5) is 11.4 Å². The number of nitrogens with one attached hydrogen (secondary N) is 2. The van der Waals surface area contributed by atoms with E-state index in [0.717, 1.165) is 11.3 Å². The Hall–Kier alpha value is -1.65. The van der Waals surface area contributed by atoms with Gasteiger partial charge in [0.2, 0.25) is 0 Å². The molecule has 2 rings (SSSR count). The highest BCUT2D eigenvalue weighted by Gasteiger charge is 2.05. The molecule has 0 fully saturated rings. The van der Waals surface area contributed by atoms with Crippen molar-refractivity contribution in [3.05, 3.63) is 52.8 Å². The molecule has 1 aromatic heterocycles. The van der Waals surface area contributed by atoms with Crippen molar-refractivity contribution >= 4 is 40.3 Å². The second-order valence-electron chi connectivity index (χ2n) is 4.24. The van der Waals surface area contributed by atoms with Gasteiger partial charge in [-0.1, -0.05) is 23.7 Å².